The van der Waals surface area contributed by atoms with Crippen LogP contribution in [0.15, 0.2) is 65.3 Å². The van der Waals surface area contributed by atoms with Gasteiger partial charge in [0.05, 0.1) is 12.1 Å². The molecule has 5 unspecified atom stereocenters. The molecule has 0 saturated carbocycles. The van der Waals surface area contributed by atoms with Crippen LogP contribution in [0.4, 0.5) is 5.82 Å². The molecule has 3 aromatic rings. The molecule has 10 nitrogen and oxygen atoms in total. The molecule has 2 aliphatic rings. The van der Waals surface area contributed by atoms with Crippen LogP contribution in [-0.4, -0.2) is 64.9 Å². The normalized spacial score (nSPS) is 20.3. The van der Waals surface area contributed by atoms with Crippen LogP contribution in [0.25, 0.3) is 10.8 Å². The Labute approximate surface area is 295 Å². The largest absolute Gasteiger partial charge is 0.478 e. The van der Waals surface area contributed by atoms with Crippen LogP contribution in [0.2, 0.25) is 0 Å². The highest BCUT2D eigenvalue weighted by Crippen LogP contribution is 2.44. The number of aliphatic hydroxyl groups is 1. The lowest BCUT2D eigenvalue weighted by Crippen LogP contribution is -2.48. The van der Waals surface area contributed by atoms with Gasteiger partial charge in [0.2, 0.25) is 0 Å². The Morgan fingerprint density at radius 1 is 1.04 bits per heavy atom. The first-order valence-electron chi connectivity index (χ1n) is 18.3. The molecule has 2 aromatic carbocycles. The lowest BCUT2D eigenvalue weighted by Gasteiger charge is -2.38. The number of hydrogen-bond acceptors (Lipinski definition) is 8. The van der Waals surface area contributed by atoms with Crippen molar-refractivity contribution >= 4 is 41.1 Å². The topological polar surface area (TPSA) is 170 Å². The van der Waals surface area contributed by atoms with Gasteiger partial charge in [0, 0.05) is 37.8 Å². The molecule has 0 spiro atoms. The van der Waals surface area contributed by atoms with Crippen LogP contribution in [0.5, 0.6) is 0 Å². The minimum atomic E-state index is -0.988. The summed E-state index contributed by atoms with van der Waals surface area (Å²) in [5.41, 5.74) is 10.6. The summed E-state index contributed by atoms with van der Waals surface area (Å²) in [5.74, 6) is 0.751. The first-order valence-corrected chi connectivity index (χ1v) is 18.3. The molecule has 5 atom stereocenters. The Balaban J connectivity index is 1.41. The SMILES string of the molecule is NC1=NCCC(C(=CC(=O)O)C(CC2CCc3cc4ccc(CC=O)cc4cc3C2CCCCCCC(C=O)CCCO)Nc2ccc[nH]2)N1. The van der Waals surface area contributed by atoms with Crippen LogP contribution in [0.1, 0.15) is 93.2 Å². The van der Waals surface area contributed by atoms with Crippen LogP contribution in [0, 0.1) is 11.8 Å². The zero-order chi connectivity index (χ0) is 35.3. The second-order valence-electron chi connectivity index (χ2n) is 14.0. The number of carboxylic acid groups (broad SMARTS) is 1. The van der Waals surface area contributed by atoms with Crippen molar-refractivity contribution in [1.29, 1.82) is 0 Å². The van der Waals surface area contributed by atoms with E-state index in [-0.39, 0.29) is 36.4 Å². The molecule has 1 aliphatic carbocycles. The van der Waals surface area contributed by atoms with E-state index in [4.69, 9.17) is 10.8 Å². The number of nitrogens with zero attached hydrogens (tertiary/aromatic N) is 1. The molecule has 1 aliphatic heterocycles. The van der Waals surface area contributed by atoms with Gasteiger partial charge in [-0.1, -0.05) is 56.0 Å². The van der Waals surface area contributed by atoms with E-state index < -0.39 is 5.97 Å². The van der Waals surface area contributed by atoms with Gasteiger partial charge in [-0.25, -0.2) is 4.79 Å². The Hall–Kier alpha value is -4.44. The van der Waals surface area contributed by atoms with E-state index in [1.807, 2.05) is 24.4 Å². The van der Waals surface area contributed by atoms with Crippen LogP contribution >= 0.6 is 0 Å². The maximum Gasteiger partial charge on any atom is 0.328 e. The van der Waals surface area contributed by atoms with Crippen molar-refractivity contribution in [2.45, 2.75) is 101 Å². The summed E-state index contributed by atoms with van der Waals surface area (Å²) in [7, 11) is 0. The number of aliphatic imine (C=N–C) groups is 1. The Kier molecular flexibility index (Phi) is 13.6. The summed E-state index contributed by atoms with van der Waals surface area (Å²) < 4.78 is 0. The van der Waals surface area contributed by atoms with Crippen molar-refractivity contribution < 1.29 is 24.6 Å². The van der Waals surface area contributed by atoms with Crippen LogP contribution < -0.4 is 16.4 Å². The zero-order valence-electron chi connectivity index (χ0n) is 29.0. The standard InChI is InChI=1S/C40H53N5O5/c41-40-43-18-15-36(45-40)35(25-39(49)50)37(44-38-10-5-17-42-38)24-31-14-13-30-22-29-12-11-27(16-20-47)21-32(29)23-34(30)33(31)9-4-2-1-3-7-28(26-48)8-6-19-46/h5,10-12,17,20-23,25-26,28,31,33,36-37,42,44,46H,1-4,6-9,13-16,18-19,24H2,(H,49,50)(H3,41,43,45). The van der Waals surface area contributed by atoms with Gasteiger partial charge in [-0.2, -0.15) is 0 Å². The van der Waals surface area contributed by atoms with Gasteiger partial charge < -0.3 is 41.2 Å². The van der Waals surface area contributed by atoms with Gasteiger partial charge >= 0.3 is 5.97 Å². The molecule has 2 heterocycles. The van der Waals surface area contributed by atoms with Crippen molar-refractivity contribution in [3.05, 3.63) is 77.0 Å². The van der Waals surface area contributed by atoms with Crippen LogP contribution in [-0.2, 0) is 27.2 Å². The highest BCUT2D eigenvalue weighted by molar-refractivity contribution is 5.86. The highest BCUT2D eigenvalue weighted by Gasteiger charge is 2.35. The number of aldehydes is 2. The maximum atomic E-state index is 12.2. The van der Waals surface area contributed by atoms with Crippen molar-refractivity contribution in [3.63, 3.8) is 0 Å². The fraction of sp³-hybridized carbons (Fsp3) is 0.500. The number of carboxylic acids is 1. The van der Waals surface area contributed by atoms with Gasteiger partial charge in [-0.3, -0.25) is 4.99 Å². The lowest BCUT2D eigenvalue weighted by atomic mass is 9.69. The fourth-order valence-electron chi connectivity index (χ4n) is 8.06. The number of carbonyl (C=O) groups excluding carboxylic acids is 2. The van der Waals surface area contributed by atoms with Crippen molar-refractivity contribution in [2.75, 3.05) is 18.5 Å². The number of guanidine groups is 1. The van der Waals surface area contributed by atoms with E-state index in [2.05, 4.69) is 44.9 Å². The number of benzene rings is 2. The summed E-state index contributed by atoms with van der Waals surface area (Å²) >= 11 is 0. The first kappa shape index (κ1) is 36.8. The number of nitrogens with one attached hydrogen (secondary N) is 3. The van der Waals surface area contributed by atoms with E-state index in [1.54, 1.807) is 0 Å². The highest BCUT2D eigenvalue weighted by atomic mass is 16.4. The smallest absolute Gasteiger partial charge is 0.328 e. The number of unbranched alkanes of at least 4 members (excludes halogenated alkanes) is 3. The first-order chi connectivity index (χ1) is 24.4. The molecule has 5 rings (SSSR count). The molecule has 50 heavy (non-hydrogen) atoms. The minimum Gasteiger partial charge on any atom is -0.478 e. The molecule has 0 bridgehead atoms. The third kappa shape index (κ3) is 10.1. The average molecular weight is 684 g/mol. The number of rotatable bonds is 20. The number of aliphatic carboxylic acids is 1. The Morgan fingerprint density at radius 3 is 2.62 bits per heavy atom. The van der Waals surface area contributed by atoms with Gasteiger partial charge in [-0.15, -0.1) is 0 Å². The number of nitrogens with two attached hydrogens (primary N) is 1. The molecule has 0 saturated heterocycles. The molecule has 0 radical (unpaired) electrons. The molecule has 0 amide bonds. The number of fused-ring (bicyclic) bond motifs is 2. The molecule has 268 valence electrons. The number of anilines is 1. The van der Waals surface area contributed by atoms with Gasteiger partial charge in [-0.05, 0) is 108 Å². The number of H-pyrrole nitrogens is 1. The van der Waals surface area contributed by atoms with E-state index in [9.17, 15) is 19.5 Å². The third-order valence-electron chi connectivity index (χ3n) is 10.6. The van der Waals surface area contributed by atoms with E-state index in [0.29, 0.717) is 31.8 Å². The molecular weight excluding hydrogens is 630 g/mol. The minimum absolute atomic E-state index is 0.0200. The second-order valence-corrected chi connectivity index (χ2v) is 14.0. The second kappa shape index (κ2) is 18.5. The number of aromatic amines is 1. The molecular formula is C40H53N5O5. The van der Waals surface area contributed by atoms with E-state index in [0.717, 1.165) is 99.1 Å². The number of aromatic nitrogens is 1. The molecule has 10 heteroatoms. The van der Waals surface area contributed by atoms with Gasteiger partial charge in [0.1, 0.15) is 18.4 Å². The summed E-state index contributed by atoms with van der Waals surface area (Å²) in [5, 5.41) is 28.4. The summed E-state index contributed by atoms with van der Waals surface area (Å²) in [4.78, 5) is 42.6. The Morgan fingerprint density at radius 2 is 1.88 bits per heavy atom. The summed E-state index contributed by atoms with van der Waals surface area (Å²) in [6, 6.07) is 14.3. The molecule has 7 N–H and O–H groups in total. The van der Waals surface area contributed by atoms with Gasteiger partial charge in [0.25, 0.3) is 0 Å². The van der Waals surface area contributed by atoms with Crippen molar-refractivity contribution in [1.82, 2.24) is 10.3 Å². The number of aryl methyl sites for hydroxylation is 1. The van der Waals surface area contributed by atoms with Crippen LogP contribution in [0.3, 0.4) is 0 Å². The summed E-state index contributed by atoms with van der Waals surface area (Å²) in [6.45, 7) is 0.653. The monoisotopic (exact) mass is 683 g/mol. The average Bonchev–Trinajstić information content (AvgIpc) is 3.63. The maximum absolute atomic E-state index is 12.2. The number of aliphatic hydroxyl groups excluding tert-OH is 1. The van der Waals surface area contributed by atoms with E-state index >= 15 is 0 Å². The summed E-state index contributed by atoms with van der Waals surface area (Å²) in [6.07, 6.45) is 16.4. The lowest BCUT2D eigenvalue weighted by molar-refractivity contribution is -0.131. The zero-order valence-corrected chi connectivity index (χ0v) is 29.0. The van der Waals surface area contributed by atoms with Crippen molar-refractivity contribution in [2.24, 2.45) is 22.6 Å². The third-order valence-corrected chi connectivity index (χ3v) is 10.6. The number of carbonyl (C=O) groups is 3. The predicted octanol–water partition coefficient (Wildman–Crippen LogP) is 6.04. The molecule has 0 fully saturated rings. The predicted molar refractivity (Wildman–Crippen MR) is 198 cm³/mol. The quantitative estimate of drug-likeness (QED) is 0.0476. The molecule has 1 aromatic heterocycles. The van der Waals surface area contributed by atoms with E-state index in [1.165, 1.54) is 22.6 Å². The Bertz CT molecular complexity index is 1630. The van der Waals surface area contributed by atoms with Crippen molar-refractivity contribution in [3.8, 4) is 0 Å². The number of hydrogen-bond donors (Lipinski definition) is 6. The fourth-order valence-corrected chi connectivity index (χ4v) is 8.06. The van der Waals surface area contributed by atoms with Gasteiger partial charge in [0.15, 0.2) is 5.96 Å².